The summed E-state index contributed by atoms with van der Waals surface area (Å²) in [4.78, 5) is 11.4. The molecule has 0 aliphatic heterocycles. The summed E-state index contributed by atoms with van der Waals surface area (Å²) >= 11 is 0. The summed E-state index contributed by atoms with van der Waals surface area (Å²) in [5.74, 6) is 0.122. The number of rotatable bonds is 6. The molecule has 0 N–H and O–H groups in total. The Morgan fingerprint density at radius 2 is 1.69 bits per heavy atom. The normalized spacial score (nSPS) is 10.7. The average molecular weight is 349 g/mol. The van der Waals surface area contributed by atoms with Gasteiger partial charge in [0.25, 0.3) is 0 Å². The predicted octanol–water partition coefficient (Wildman–Crippen LogP) is 6.99. The van der Waals surface area contributed by atoms with Gasteiger partial charge in [0.05, 0.1) is 0 Å². The number of hydrogen-bond acceptors (Lipinski definition) is 1. The van der Waals surface area contributed by atoms with E-state index in [0.717, 1.165) is 24.8 Å². The third-order valence-electron chi connectivity index (χ3n) is 4.48. The van der Waals surface area contributed by atoms with Gasteiger partial charge < -0.3 is 0 Å². The van der Waals surface area contributed by atoms with Crippen molar-refractivity contribution in [1.82, 2.24) is 0 Å². The Morgan fingerprint density at radius 1 is 1.04 bits per heavy atom. The van der Waals surface area contributed by atoms with Crippen LogP contribution in [0.25, 0.3) is 5.57 Å². The van der Waals surface area contributed by atoms with Crippen molar-refractivity contribution >= 4 is 11.4 Å². The van der Waals surface area contributed by atoms with Gasteiger partial charge in [0.2, 0.25) is 0 Å². The van der Waals surface area contributed by atoms with Gasteiger partial charge in [-0.05, 0) is 68.4 Å². The van der Waals surface area contributed by atoms with Gasteiger partial charge in [-0.2, -0.15) is 0 Å². The first-order valence-corrected chi connectivity index (χ1v) is 9.42. The minimum atomic E-state index is 0.122. The van der Waals surface area contributed by atoms with Crippen LogP contribution in [0.3, 0.4) is 0 Å². The van der Waals surface area contributed by atoms with Gasteiger partial charge in [0, 0.05) is 5.56 Å². The molecule has 0 saturated heterocycles. The van der Waals surface area contributed by atoms with E-state index in [4.69, 9.17) is 0 Å². The summed E-state index contributed by atoms with van der Waals surface area (Å²) in [7, 11) is 0. The fourth-order valence-corrected chi connectivity index (χ4v) is 2.78. The molecule has 0 radical (unpaired) electrons. The maximum absolute atomic E-state index is 11.4. The van der Waals surface area contributed by atoms with Crippen LogP contribution >= 0.6 is 0 Å². The Balaban J connectivity index is 0.000000314. The van der Waals surface area contributed by atoms with Crippen molar-refractivity contribution in [3.63, 3.8) is 0 Å². The number of aryl methyl sites for hydroxylation is 3. The van der Waals surface area contributed by atoms with Crippen molar-refractivity contribution in [2.45, 2.75) is 53.9 Å². The van der Waals surface area contributed by atoms with E-state index in [-0.39, 0.29) is 5.78 Å². The van der Waals surface area contributed by atoms with Crippen LogP contribution in [0.4, 0.5) is 0 Å². The number of allylic oxidation sites excluding steroid dienone is 3. The van der Waals surface area contributed by atoms with Gasteiger partial charge in [-0.3, -0.25) is 4.79 Å². The maximum atomic E-state index is 11.4. The van der Waals surface area contributed by atoms with E-state index in [9.17, 15) is 4.79 Å². The monoisotopic (exact) mass is 348 g/mol. The molecule has 0 saturated carbocycles. The third-order valence-corrected chi connectivity index (χ3v) is 4.48. The molecule has 0 heterocycles. The summed E-state index contributed by atoms with van der Waals surface area (Å²) < 4.78 is 0. The van der Waals surface area contributed by atoms with E-state index in [1.807, 2.05) is 25.1 Å². The largest absolute Gasteiger partial charge is 0.295 e. The highest BCUT2D eigenvalue weighted by molar-refractivity contribution is 5.94. The molecule has 0 aliphatic rings. The Hall–Kier alpha value is -2.41. The zero-order chi connectivity index (χ0) is 19.5. The van der Waals surface area contributed by atoms with E-state index >= 15 is 0 Å². The molecule has 2 aromatic carbocycles. The van der Waals surface area contributed by atoms with Crippen molar-refractivity contribution in [3.05, 3.63) is 89.0 Å². The van der Waals surface area contributed by atoms with E-state index in [2.05, 4.69) is 63.8 Å². The summed E-state index contributed by atoms with van der Waals surface area (Å²) in [5, 5.41) is 0. The Bertz CT molecular complexity index is 748. The van der Waals surface area contributed by atoms with Gasteiger partial charge in [0.15, 0.2) is 5.78 Å². The Labute approximate surface area is 159 Å². The summed E-state index contributed by atoms with van der Waals surface area (Å²) in [6.45, 7) is 13.8. The number of carbonyl (C=O) groups is 1. The lowest BCUT2D eigenvalue weighted by atomic mass is 9.93. The maximum Gasteiger partial charge on any atom is 0.159 e. The second kappa shape index (κ2) is 11.3. The highest BCUT2D eigenvalue weighted by Gasteiger charge is 2.08. The molecule has 0 amide bonds. The minimum absolute atomic E-state index is 0.122. The lowest BCUT2D eigenvalue weighted by Gasteiger charge is -2.11. The van der Waals surface area contributed by atoms with Gasteiger partial charge in [-0.1, -0.05) is 68.0 Å². The molecule has 26 heavy (non-hydrogen) atoms. The predicted molar refractivity (Wildman–Crippen MR) is 115 cm³/mol. The molecule has 0 aliphatic carbocycles. The van der Waals surface area contributed by atoms with Crippen molar-refractivity contribution in [3.8, 4) is 0 Å². The van der Waals surface area contributed by atoms with Crippen LogP contribution in [0, 0.1) is 6.92 Å². The number of hydrogen-bond donors (Lipinski definition) is 0. The van der Waals surface area contributed by atoms with Gasteiger partial charge in [-0.25, -0.2) is 0 Å². The highest BCUT2D eigenvalue weighted by Crippen LogP contribution is 2.24. The highest BCUT2D eigenvalue weighted by atomic mass is 16.1. The second-order valence-electron chi connectivity index (χ2n) is 6.43. The molecule has 0 bridgehead atoms. The Morgan fingerprint density at radius 3 is 2.15 bits per heavy atom. The fourth-order valence-electron chi connectivity index (χ4n) is 2.78. The molecule has 0 spiro atoms. The number of carbonyl (C=O) groups excluding carboxylic acids is 1. The lowest BCUT2D eigenvalue weighted by Crippen LogP contribution is -1.98. The van der Waals surface area contributed by atoms with Crippen LogP contribution in [-0.4, -0.2) is 5.78 Å². The SMILES string of the molecule is C=CC/C(=C\C)c1ccc(C(C)=O)cc1CC.CCc1ccc(C)cc1. The van der Waals surface area contributed by atoms with Crippen LogP contribution < -0.4 is 0 Å². The molecule has 2 aromatic rings. The molecule has 138 valence electrons. The molecule has 2 rings (SSSR count). The summed E-state index contributed by atoms with van der Waals surface area (Å²) in [6, 6.07) is 14.6. The molecule has 0 aromatic heterocycles. The van der Waals surface area contributed by atoms with Crippen molar-refractivity contribution in [2.24, 2.45) is 0 Å². The number of ketones is 1. The minimum Gasteiger partial charge on any atom is -0.295 e. The van der Waals surface area contributed by atoms with Crippen LogP contribution in [0.2, 0.25) is 0 Å². The molecule has 0 fully saturated rings. The topological polar surface area (TPSA) is 17.1 Å². The standard InChI is InChI=1S/C16H20O.C9H12/c1-5-8-13(6-2)16-10-9-15(12(4)17)11-14(16)7-3;1-3-9-6-4-8(2)5-7-9/h5-6,9-11H,1,7-8H2,2-4H3;4-7H,3H2,1-2H3/b13-6+;. The Kier molecular flexibility index (Phi) is 9.36. The van der Waals surface area contributed by atoms with Gasteiger partial charge in [0.1, 0.15) is 0 Å². The average Bonchev–Trinajstić information content (AvgIpc) is 2.66. The summed E-state index contributed by atoms with van der Waals surface area (Å²) in [5.41, 5.74) is 7.28. The van der Waals surface area contributed by atoms with E-state index in [1.54, 1.807) is 6.92 Å². The first kappa shape index (κ1) is 21.6. The van der Waals surface area contributed by atoms with Crippen molar-refractivity contribution in [1.29, 1.82) is 0 Å². The third kappa shape index (κ3) is 6.48. The van der Waals surface area contributed by atoms with Crippen molar-refractivity contribution < 1.29 is 4.79 Å². The zero-order valence-corrected chi connectivity index (χ0v) is 16.9. The van der Waals surface area contributed by atoms with Gasteiger partial charge in [-0.15, -0.1) is 6.58 Å². The molecule has 1 nitrogen and oxygen atoms in total. The molecular weight excluding hydrogens is 316 g/mol. The molecular formula is C25H32O. The van der Waals surface area contributed by atoms with Crippen LogP contribution in [0.15, 0.2) is 61.2 Å². The quantitative estimate of drug-likeness (QED) is 0.406. The fraction of sp³-hybridized carbons (Fsp3) is 0.320. The summed E-state index contributed by atoms with van der Waals surface area (Å²) in [6.07, 6.45) is 6.96. The molecule has 0 unspecified atom stereocenters. The molecule has 0 atom stereocenters. The van der Waals surface area contributed by atoms with E-state index in [1.165, 1.54) is 27.8 Å². The lowest BCUT2D eigenvalue weighted by molar-refractivity contribution is 0.101. The van der Waals surface area contributed by atoms with E-state index in [0.29, 0.717) is 0 Å². The first-order chi connectivity index (χ1) is 12.5. The number of benzene rings is 2. The number of Topliss-reactive ketones (excluding diaryl/α,β-unsaturated/α-hetero) is 1. The van der Waals surface area contributed by atoms with E-state index < -0.39 is 0 Å². The zero-order valence-electron chi connectivity index (χ0n) is 16.9. The smallest absolute Gasteiger partial charge is 0.159 e. The van der Waals surface area contributed by atoms with Crippen molar-refractivity contribution in [2.75, 3.05) is 0 Å². The van der Waals surface area contributed by atoms with Gasteiger partial charge >= 0.3 is 0 Å². The van der Waals surface area contributed by atoms with Crippen LogP contribution in [-0.2, 0) is 12.8 Å². The van der Waals surface area contributed by atoms with Crippen LogP contribution in [0.5, 0.6) is 0 Å². The molecule has 1 heteroatoms. The first-order valence-electron chi connectivity index (χ1n) is 9.42. The van der Waals surface area contributed by atoms with Crippen LogP contribution in [0.1, 0.15) is 66.7 Å². The second-order valence-corrected chi connectivity index (χ2v) is 6.43.